The Labute approximate surface area is 468 Å². The van der Waals surface area contributed by atoms with Gasteiger partial charge in [0.1, 0.15) is 22.3 Å². The molecule has 6 heteroatoms. The van der Waals surface area contributed by atoms with Gasteiger partial charge >= 0.3 is 0 Å². The number of hydrogen-bond acceptors (Lipinski definition) is 4. The van der Waals surface area contributed by atoms with Crippen molar-refractivity contribution in [3.63, 3.8) is 0 Å². The van der Waals surface area contributed by atoms with Gasteiger partial charge in [0.2, 0.25) is 0 Å². The summed E-state index contributed by atoms with van der Waals surface area (Å²) in [6, 6.07) is 89.2. The van der Waals surface area contributed by atoms with Crippen LogP contribution in [0.1, 0.15) is 11.1 Å². The summed E-state index contributed by atoms with van der Waals surface area (Å²) in [5, 5.41) is 19.0. The van der Waals surface area contributed by atoms with Gasteiger partial charge in [-0.2, -0.15) is 0 Å². The van der Waals surface area contributed by atoms with E-state index in [0.29, 0.717) is 0 Å². The molecular weight excluding hydrogens is 1000 g/mol. The van der Waals surface area contributed by atoms with E-state index in [2.05, 4.69) is 275 Å². The summed E-state index contributed by atoms with van der Waals surface area (Å²) in [6.45, 7) is 4.39. The summed E-state index contributed by atoms with van der Waals surface area (Å²) in [5.74, 6) is 0. The Kier molecular flexibility index (Phi) is 8.57. The first-order valence-corrected chi connectivity index (χ1v) is 28.2. The second-order valence-corrected chi connectivity index (χ2v) is 22.6. The smallest absolute Gasteiger partial charge is 0.139 e. The average Bonchev–Trinajstić information content (AvgIpc) is 3.74. The van der Waals surface area contributed by atoms with E-state index >= 15 is 0 Å². The molecule has 0 fully saturated rings. The highest BCUT2D eigenvalue weighted by molar-refractivity contribution is 6.26. The summed E-state index contributed by atoms with van der Waals surface area (Å²) in [4.78, 5) is 4.81. The van der Waals surface area contributed by atoms with Gasteiger partial charge in [0, 0.05) is 105 Å². The summed E-state index contributed by atoms with van der Waals surface area (Å²) in [7, 11) is 0. The number of aryl methyl sites for hydroxylation is 2. The number of furan rings is 2. The molecule has 6 nitrogen and oxygen atoms in total. The van der Waals surface area contributed by atoms with Gasteiger partial charge in [0.25, 0.3) is 0 Å². The molecule has 82 heavy (non-hydrogen) atoms. The molecular formula is C76H46N4O2. The van der Waals surface area contributed by atoms with Crippen LogP contribution in [0.5, 0.6) is 0 Å². The van der Waals surface area contributed by atoms with Crippen LogP contribution in [-0.2, 0) is 0 Å². The third kappa shape index (κ3) is 5.91. The Hall–Kier alpha value is -10.8. The van der Waals surface area contributed by atoms with Gasteiger partial charge in [-0.15, -0.1) is 0 Å². The van der Waals surface area contributed by atoms with E-state index < -0.39 is 0 Å². The summed E-state index contributed by atoms with van der Waals surface area (Å²) in [5.41, 5.74) is 19.8. The molecule has 6 aromatic heterocycles. The number of rotatable bonds is 6. The quantitative estimate of drug-likeness (QED) is 0.166. The molecule has 382 valence electrons. The van der Waals surface area contributed by atoms with Crippen LogP contribution in [-0.4, -0.2) is 8.80 Å². The summed E-state index contributed by atoms with van der Waals surface area (Å²) < 4.78 is 18.5. The fourth-order valence-corrected chi connectivity index (χ4v) is 14.4. The van der Waals surface area contributed by atoms with Crippen LogP contribution in [0.4, 0.5) is 34.1 Å². The van der Waals surface area contributed by atoms with Crippen LogP contribution in [0.25, 0.3) is 142 Å². The standard InChI is InChI=1S/C76H46N4O2/c1-43-13-3-7-21-65(43)77(51-29-31-69-59(39-51)57-19-11-17-55-53-15-5-9-23-67(53)79(69)75(55)57)49-27-25-45-35-61-63-41-64-62-36-46-26-28-50(34-48(46)38-72(62)82-74(64)42-73(63)81-71(61)37-47(45)33-49)78(66-22-8-4-14-44(66)2)52-30-32-70-60(40-52)58-20-12-18-56-54-16-6-10-24-68(54)80(70)76(56)58/h3-42H,1-2H3. The lowest BCUT2D eigenvalue weighted by Gasteiger charge is -2.27. The number of hydrogen-bond donors (Lipinski definition) is 0. The van der Waals surface area contributed by atoms with Gasteiger partial charge in [-0.3, -0.25) is 0 Å². The van der Waals surface area contributed by atoms with Crippen molar-refractivity contribution in [1.82, 2.24) is 8.80 Å². The number of para-hydroxylation sites is 6. The van der Waals surface area contributed by atoms with Crippen molar-refractivity contribution >= 4 is 176 Å². The highest BCUT2D eigenvalue weighted by atomic mass is 16.3. The molecule has 19 rings (SSSR count). The van der Waals surface area contributed by atoms with E-state index in [1.54, 1.807) is 0 Å². The molecule has 0 amide bonds. The van der Waals surface area contributed by atoms with Crippen molar-refractivity contribution in [1.29, 1.82) is 0 Å². The number of fused-ring (bicyclic) bond motifs is 20. The van der Waals surface area contributed by atoms with E-state index in [1.807, 2.05) is 0 Å². The lowest BCUT2D eigenvalue weighted by atomic mass is 10.0. The zero-order valence-corrected chi connectivity index (χ0v) is 44.7. The molecule has 19 aromatic rings. The van der Waals surface area contributed by atoms with Crippen molar-refractivity contribution < 1.29 is 8.83 Å². The lowest BCUT2D eigenvalue weighted by molar-refractivity contribution is 0.656. The number of benzene rings is 13. The van der Waals surface area contributed by atoms with Gasteiger partial charge in [0.15, 0.2) is 0 Å². The fourth-order valence-electron chi connectivity index (χ4n) is 14.4. The normalized spacial score (nSPS) is 12.5. The van der Waals surface area contributed by atoms with Crippen LogP contribution in [0.15, 0.2) is 251 Å². The predicted molar refractivity (Wildman–Crippen MR) is 344 cm³/mol. The molecule has 0 aliphatic heterocycles. The molecule has 0 atom stereocenters. The maximum atomic E-state index is 6.79. The third-order valence-corrected chi connectivity index (χ3v) is 18.1. The van der Waals surface area contributed by atoms with Crippen molar-refractivity contribution in [2.75, 3.05) is 9.80 Å². The molecule has 13 aromatic carbocycles. The molecule has 0 aliphatic rings. The van der Waals surface area contributed by atoms with E-state index in [-0.39, 0.29) is 0 Å². The van der Waals surface area contributed by atoms with E-state index in [1.165, 1.54) is 87.3 Å². The minimum atomic E-state index is 0.803. The van der Waals surface area contributed by atoms with E-state index in [4.69, 9.17) is 8.83 Å². The van der Waals surface area contributed by atoms with Gasteiger partial charge in [-0.25, -0.2) is 0 Å². The molecule has 6 heterocycles. The average molecular weight is 1050 g/mol. The zero-order valence-electron chi connectivity index (χ0n) is 44.7. The first-order valence-electron chi connectivity index (χ1n) is 28.2. The monoisotopic (exact) mass is 1050 g/mol. The van der Waals surface area contributed by atoms with Gasteiger partial charge < -0.3 is 27.4 Å². The highest BCUT2D eigenvalue weighted by Gasteiger charge is 2.24. The minimum Gasteiger partial charge on any atom is -0.456 e. The molecule has 0 aliphatic carbocycles. The van der Waals surface area contributed by atoms with Crippen molar-refractivity contribution in [2.24, 2.45) is 0 Å². The van der Waals surface area contributed by atoms with Gasteiger partial charge in [-0.05, 0) is 162 Å². The van der Waals surface area contributed by atoms with Crippen molar-refractivity contribution in [3.05, 3.63) is 254 Å². The van der Waals surface area contributed by atoms with Crippen molar-refractivity contribution in [2.45, 2.75) is 13.8 Å². The van der Waals surface area contributed by atoms with Gasteiger partial charge in [0.05, 0.1) is 33.1 Å². The number of anilines is 6. The molecule has 0 radical (unpaired) electrons. The van der Waals surface area contributed by atoms with Crippen LogP contribution in [0.2, 0.25) is 0 Å². The summed E-state index contributed by atoms with van der Waals surface area (Å²) in [6.07, 6.45) is 0. The van der Waals surface area contributed by atoms with Crippen molar-refractivity contribution in [3.8, 4) is 0 Å². The fraction of sp³-hybridized carbons (Fsp3) is 0.0263. The second kappa shape index (κ2) is 15.9. The second-order valence-electron chi connectivity index (χ2n) is 22.6. The Balaban J connectivity index is 0.711. The molecule has 0 saturated heterocycles. The topological polar surface area (TPSA) is 41.6 Å². The van der Waals surface area contributed by atoms with Gasteiger partial charge in [-0.1, -0.05) is 121 Å². The van der Waals surface area contributed by atoms with Crippen LogP contribution >= 0.6 is 0 Å². The molecule has 0 spiro atoms. The summed E-state index contributed by atoms with van der Waals surface area (Å²) >= 11 is 0. The van der Waals surface area contributed by atoms with Crippen LogP contribution in [0.3, 0.4) is 0 Å². The number of aromatic nitrogens is 2. The predicted octanol–water partition coefficient (Wildman–Crippen LogP) is 21.6. The minimum absolute atomic E-state index is 0.803. The lowest BCUT2D eigenvalue weighted by Crippen LogP contribution is -2.11. The Morgan fingerprint density at radius 2 is 0.622 bits per heavy atom. The maximum absolute atomic E-state index is 6.79. The van der Waals surface area contributed by atoms with E-state index in [0.717, 1.165) is 99.5 Å². The molecule has 0 unspecified atom stereocenters. The Morgan fingerprint density at radius 3 is 1.10 bits per heavy atom. The van der Waals surface area contributed by atoms with Crippen LogP contribution in [0, 0.1) is 13.8 Å². The highest BCUT2D eigenvalue weighted by Crippen LogP contribution is 2.48. The zero-order chi connectivity index (χ0) is 53.6. The third-order valence-electron chi connectivity index (χ3n) is 18.1. The largest absolute Gasteiger partial charge is 0.456 e. The maximum Gasteiger partial charge on any atom is 0.139 e. The van der Waals surface area contributed by atoms with Crippen LogP contribution < -0.4 is 9.80 Å². The molecule has 0 bridgehead atoms. The SMILES string of the molecule is Cc1ccccc1N(c1ccc2cc3c(cc2c1)oc1cc2oc4cc5cc(N(c6ccc7c(c6)c6cccc8c9ccccc9n7c86)c6ccccc6C)ccc5cc4c2cc13)c1ccc2c(c1)c1cccc3c4ccccc4n2c31. The molecule has 0 N–H and O–H groups in total. The Bertz CT molecular complexity index is 5590. The van der Waals surface area contributed by atoms with E-state index in [9.17, 15) is 0 Å². The first-order chi connectivity index (χ1) is 40.5. The first kappa shape index (κ1) is 44.1. The number of nitrogens with zero attached hydrogens (tertiary/aromatic N) is 4. The molecule has 0 saturated carbocycles. The Morgan fingerprint density at radius 1 is 0.256 bits per heavy atom.